The van der Waals surface area contributed by atoms with Gasteiger partial charge >= 0.3 is 0 Å². The molecule has 6 heteroatoms. The van der Waals surface area contributed by atoms with Crippen LogP contribution in [0.5, 0.6) is 0 Å². The second-order valence-electron chi connectivity index (χ2n) is 5.16. The molecule has 0 saturated carbocycles. The first-order valence-electron chi connectivity index (χ1n) is 7.42. The number of anilines is 1. The second-order valence-corrected chi connectivity index (χ2v) is 6.02. The molecule has 0 radical (unpaired) electrons. The van der Waals surface area contributed by atoms with Crippen LogP contribution in [0.25, 0.3) is 10.6 Å². The molecule has 0 aliphatic heterocycles. The summed E-state index contributed by atoms with van der Waals surface area (Å²) in [5, 5.41) is 9.49. The van der Waals surface area contributed by atoms with Crippen molar-refractivity contribution in [2.24, 2.45) is 0 Å². The van der Waals surface area contributed by atoms with E-state index in [9.17, 15) is 4.79 Å². The number of nitrogens with one attached hydrogen (secondary N) is 1. The molecular formula is C17H17N3O2S. The number of amides is 1. The Bertz CT molecular complexity index is 808. The van der Waals surface area contributed by atoms with Crippen LogP contribution in [0.4, 0.5) is 5.88 Å². The summed E-state index contributed by atoms with van der Waals surface area (Å²) in [7, 11) is 0. The van der Waals surface area contributed by atoms with Gasteiger partial charge in [0.1, 0.15) is 5.01 Å². The van der Waals surface area contributed by atoms with Gasteiger partial charge in [-0.05, 0) is 13.3 Å². The number of aromatic nitrogens is 2. The zero-order valence-electron chi connectivity index (χ0n) is 13.0. The summed E-state index contributed by atoms with van der Waals surface area (Å²) in [4.78, 5) is 16.7. The van der Waals surface area contributed by atoms with Crippen molar-refractivity contribution in [3.8, 4) is 10.6 Å². The number of rotatable bonds is 5. The van der Waals surface area contributed by atoms with Crippen molar-refractivity contribution in [2.75, 3.05) is 5.32 Å². The van der Waals surface area contributed by atoms with Gasteiger partial charge in [0.05, 0.1) is 17.8 Å². The third-order valence-electron chi connectivity index (χ3n) is 3.51. The maximum absolute atomic E-state index is 12.2. The summed E-state index contributed by atoms with van der Waals surface area (Å²) < 4.78 is 5.17. The quantitative estimate of drug-likeness (QED) is 0.773. The van der Waals surface area contributed by atoms with Crippen LogP contribution >= 0.6 is 11.3 Å². The van der Waals surface area contributed by atoms with E-state index < -0.39 is 0 Å². The fourth-order valence-electron chi connectivity index (χ4n) is 2.34. The van der Waals surface area contributed by atoms with Gasteiger partial charge in [-0.3, -0.25) is 10.1 Å². The van der Waals surface area contributed by atoms with Crippen molar-refractivity contribution >= 4 is 23.1 Å². The first-order chi connectivity index (χ1) is 11.2. The average Bonchev–Trinajstić information content (AvgIpc) is 3.15. The SMILES string of the molecule is CCc1c(C)noc1NC(=O)Cc1csc(-c2ccccc2)n1. The molecule has 0 bridgehead atoms. The Hall–Kier alpha value is -2.47. The van der Waals surface area contributed by atoms with Gasteiger partial charge in [-0.2, -0.15) is 0 Å². The summed E-state index contributed by atoms with van der Waals surface area (Å²) in [5.41, 5.74) is 3.55. The van der Waals surface area contributed by atoms with Crippen LogP contribution < -0.4 is 5.32 Å². The molecule has 0 aliphatic rings. The van der Waals surface area contributed by atoms with E-state index in [1.165, 1.54) is 11.3 Å². The number of aryl methyl sites for hydroxylation is 1. The fourth-order valence-corrected chi connectivity index (χ4v) is 3.17. The van der Waals surface area contributed by atoms with Crippen LogP contribution in [-0.2, 0) is 17.6 Å². The molecule has 1 N–H and O–H groups in total. The largest absolute Gasteiger partial charge is 0.338 e. The number of hydrogen-bond donors (Lipinski definition) is 1. The molecule has 118 valence electrons. The lowest BCUT2D eigenvalue weighted by Gasteiger charge is -2.01. The molecule has 0 spiro atoms. The van der Waals surface area contributed by atoms with E-state index in [0.29, 0.717) is 5.88 Å². The lowest BCUT2D eigenvalue weighted by atomic mass is 10.2. The highest BCUT2D eigenvalue weighted by atomic mass is 32.1. The highest BCUT2D eigenvalue weighted by Crippen LogP contribution is 2.24. The zero-order valence-corrected chi connectivity index (χ0v) is 13.8. The van der Waals surface area contributed by atoms with Gasteiger partial charge in [0, 0.05) is 16.5 Å². The van der Waals surface area contributed by atoms with Crippen molar-refractivity contribution in [1.82, 2.24) is 10.1 Å². The molecular weight excluding hydrogens is 310 g/mol. The van der Waals surface area contributed by atoms with Crippen LogP contribution in [-0.4, -0.2) is 16.0 Å². The fraction of sp³-hybridized carbons (Fsp3) is 0.235. The maximum atomic E-state index is 12.2. The topological polar surface area (TPSA) is 68.0 Å². The van der Waals surface area contributed by atoms with Gasteiger partial charge in [0.15, 0.2) is 0 Å². The van der Waals surface area contributed by atoms with Crippen LogP contribution in [0.1, 0.15) is 23.9 Å². The smallest absolute Gasteiger partial charge is 0.234 e. The predicted octanol–water partition coefficient (Wildman–Crippen LogP) is 3.85. The molecule has 2 heterocycles. The van der Waals surface area contributed by atoms with Crippen LogP contribution in [0.2, 0.25) is 0 Å². The number of carbonyl (C=O) groups is 1. The number of benzene rings is 1. The molecule has 2 aromatic heterocycles. The number of hydrogen-bond acceptors (Lipinski definition) is 5. The normalized spacial score (nSPS) is 10.7. The predicted molar refractivity (Wildman–Crippen MR) is 90.5 cm³/mol. The van der Waals surface area contributed by atoms with Crippen LogP contribution in [0, 0.1) is 6.92 Å². The van der Waals surface area contributed by atoms with E-state index in [1.807, 2.05) is 49.6 Å². The van der Waals surface area contributed by atoms with Gasteiger partial charge in [0.2, 0.25) is 11.8 Å². The Morgan fingerprint density at radius 1 is 1.30 bits per heavy atom. The van der Waals surface area contributed by atoms with Crippen LogP contribution in [0.3, 0.4) is 0 Å². The number of thiazole rings is 1. The Kier molecular flexibility index (Phi) is 4.52. The molecule has 0 unspecified atom stereocenters. The molecule has 0 saturated heterocycles. The second kappa shape index (κ2) is 6.75. The maximum Gasteiger partial charge on any atom is 0.234 e. The molecule has 3 rings (SSSR count). The molecule has 1 aromatic carbocycles. The summed E-state index contributed by atoms with van der Waals surface area (Å²) in [6, 6.07) is 9.93. The molecule has 1 amide bonds. The van der Waals surface area contributed by atoms with Gasteiger partial charge in [-0.15, -0.1) is 11.3 Å². The van der Waals surface area contributed by atoms with E-state index in [-0.39, 0.29) is 12.3 Å². The molecule has 0 fully saturated rings. The summed E-state index contributed by atoms with van der Waals surface area (Å²) in [6.45, 7) is 3.87. The number of nitrogens with zero attached hydrogens (tertiary/aromatic N) is 2. The summed E-state index contributed by atoms with van der Waals surface area (Å²) in [6.07, 6.45) is 0.978. The highest BCUT2D eigenvalue weighted by Gasteiger charge is 2.15. The van der Waals surface area contributed by atoms with Crippen molar-refractivity contribution in [3.63, 3.8) is 0 Å². The molecule has 23 heavy (non-hydrogen) atoms. The van der Waals surface area contributed by atoms with Crippen molar-refractivity contribution < 1.29 is 9.32 Å². The Balaban J connectivity index is 1.68. The molecule has 0 aliphatic carbocycles. The average molecular weight is 327 g/mol. The molecule has 3 aromatic rings. The van der Waals surface area contributed by atoms with Gasteiger partial charge in [-0.1, -0.05) is 42.4 Å². The molecule has 0 atom stereocenters. The number of carbonyl (C=O) groups excluding carboxylic acids is 1. The minimum Gasteiger partial charge on any atom is -0.338 e. The lowest BCUT2D eigenvalue weighted by Crippen LogP contribution is -2.15. The molecule has 5 nitrogen and oxygen atoms in total. The third kappa shape index (κ3) is 3.48. The third-order valence-corrected chi connectivity index (χ3v) is 4.45. The Morgan fingerprint density at radius 3 is 2.83 bits per heavy atom. The van der Waals surface area contributed by atoms with E-state index in [4.69, 9.17) is 4.52 Å². The van der Waals surface area contributed by atoms with E-state index in [1.54, 1.807) is 0 Å². The first kappa shape index (κ1) is 15.4. The van der Waals surface area contributed by atoms with Gasteiger partial charge in [-0.25, -0.2) is 4.98 Å². The van der Waals surface area contributed by atoms with Crippen molar-refractivity contribution in [3.05, 3.63) is 52.7 Å². The first-order valence-corrected chi connectivity index (χ1v) is 8.30. The summed E-state index contributed by atoms with van der Waals surface area (Å²) >= 11 is 1.54. The van der Waals surface area contributed by atoms with E-state index in [2.05, 4.69) is 15.5 Å². The standard InChI is InChI=1S/C17H17N3O2S/c1-3-14-11(2)20-22-16(14)19-15(21)9-13-10-23-17(18-13)12-7-5-4-6-8-12/h4-8,10H,3,9H2,1-2H3,(H,19,21). The Labute approximate surface area is 138 Å². The Morgan fingerprint density at radius 2 is 2.09 bits per heavy atom. The van der Waals surface area contributed by atoms with Crippen molar-refractivity contribution in [2.45, 2.75) is 26.7 Å². The van der Waals surface area contributed by atoms with E-state index >= 15 is 0 Å². The van der Waals surface area contributed by atoms with Crippen molar-refractivity contribution in [1.29, 1.82) is 0 Å². The van der Waals surface area contributed by atoms with Gasteiger partial charge < -0.3 is 4.52 Å². The van der Waals surface area contributed by atoms with Crippen LogP contribution in [0.15, 0.2) is 40.2 Å². The minimum atomic E-state index is -0.152. The lowest BCUT2D eigenvalue weighted by molar-refractivity contribution is -0.115. The zero-order chi connectivity index (χ0) is 16.2. The highest BCUT2D eigenvalue weighted by molar-refractivity contribution is 7.13. The summed E-state index contributed by atoms with van der Waals surface area (Å²) in [5.74, 6) is 0.286. The van der Waals surface area contributed by atoms with Gasteiger partial charge in [0.25, 0.3) is 0 Å². The van der Waals surface area contributed by atoms with E-state index in [0.717, 1.165) is 33.9 Å². The monoisotopic (exact) mass is 327 g/mol. The minimum absolute atomic E-state index is 0.152.